The van der Waals surface area contributed by atoms with E-state index in [4.69, 9.17) is 9.47 Å². The predicted octanol–water partition coefficient (Wildman–Crippen LogP) is 3.75. The van der Waals surface area contributed by atoms with Crippen LogP contribution in [0, 0.1) is 16.0 Å². The molecule has 2 aromatic carbocycles. The number of unbranched alkanes of at least 4 members (excludes halogenated alkanes) is 1. The summed E-state index contributed by atoms with van der Waals surface area (Å²) in [5.41, 5.74) is 1.81. The number of carbonyl (C=O) groups is 3. The lowest BCUT2D eigenvalue weighted by atomic mass is 9.95. The van der Waals surface area contributed by atoms with Crippen LogP contribution in [0.15, 0.2) is 48.5 Å². The Hall–Kier alpha value is -3.95. The molecule has 0 aliphatic carbocycles. The van der Waals surface area contributed by atoms with Gasteiger partial charge >= 0.3 is 5.97 Å². The minimum Gasteiger partial charge on any atom is -0.497 e. The van der Waals surface area contributed by atoms with Crippen molar-refractivity contribution in [3.8, 4) is 5.75 Å². The summed E-state index contributed by atoms with van der Waals surface area (Å²) in [5.74, 6) is -1.03. The number of non-ortho nitro benzene ring substituents is 1. The van der Waals surface area contributed by atoms with Crippen LogP contribution in [0.3, 0.4) is 0 Å². The number of aryl methyl sites for hydroxylation is 1. The highest BCUT2D eigenvalue weighted by atomic mass is 16.6. The molecule has 0 saturated heterocycles. The number of carbonyl (C=O) groups excluding carboxylic acids is 3. The Morgan fingerprint density at radius 1 is 1.00 bits per heavy atom. The van der Waals surface area contributed by atoms with Crippen molar-refractivity contribution in [2.24, 2.45) is 5.92 Å². The first-order valence-corrected chi connectivity index (χ1v) is 12.9. The zero-order valence-corrected chi connectivity index (χ0v) is 22.1. The molecule has 0 fully saturated rings. The first-order valence-electron chi connectivity index (χ1n) is 12.9. The quantitative estimate of drug-likeness (QED) is 0.138. The average Bonchev–Trinajstić information content (AvgIpc) is 2.91. The van der Waals surface area contributed by atoms with E-state index in [0.717, 1.165) is 36.1 Å². The van der Waals surface area contributed by atoms with E-state index in [1.807, 2.05) is 31.2 Å². The molecule has 0 heterocycles. The van der Waals surface area contributed by atoms with Gasteiger partial charge in [-0.2, -0.15) is 0 Å². The Labute approximate surface area is 223 Å². The number of rotatable bonds is 17. The summed E-state index contributed by atoms with van der Waals surface area (Å²) in [7, 11) is 1.61. The van der Waals surface area contributed by atoms with Gasteiger partial charge in [-0.3, -0.25) is 24.5 Å². The zero-order chi connectivity index (χ0) is 27.8. The third-order valence-electron chi connectivity index (χ3n) is 6.00. The van der Waals surface area contributed by atoms with Crippen LogP contribution in [0.1, 0.15) is 50.2 Å². The smallest absolute Gasteiger partial charge is 0.306 e. The molecule has 2 aromatic rings. The van der Waals surface area contributed by atoms with Crippen LogP contribution in [-0.2, 0) is 32.0 Å². The molecular weight excluding hydrogens is 490 g/mol. The van der Waals surface area contributed by atoms with Crippen molar-refractivity contribution < 1.29 is 28.8 Å². The average molecular weight is 528 g/mol. The number of benzene rings is 2. The number of hydrogen-bond acceptors (Lipinski definition) is 7. The van der Waals surface area contributed by atoms with Crippen molar-refractivity contribution in [1.82, 2.24) is 10.6 Å². The van der Waals surface area contributed by atoms with Crippen molar-refractivity contribution >= 4 is 23.5 Å². The molecular formula is C28H37N3O7. The fourth-order valence-corrected chi connectivity index (χ4v) is 3.81. The predicted molar refractivity (Wildman–Crippen MR) is 143 cm³/mol. The molecule has 38 heavy (non-hydrogen) atoms. The van der Waals surface area contributed by atoms with Gasteiger partial charge in [0, 0.05) is 24.6 Å². The van der Waals surface area contributed by atoms with Gasteiger partial charge in [-0.15, -0.1) is 0 Å². The molecule has 10 heteroatoms. The number of esters is 1. The van der Waals surface area contributed by atoms with E-state index in [1.165, 1.54) is 12.1 Å². The van der Waals surface area contributed by atoms with E-state index in [1.54, 1.807) is 19.2 Å². The number of hydrogen-bond donors (Lipinski definition) is 2. The van der Waals surface area contributed by atoms with Gasteiger partial charge in [0.25, 0.3) is 5.69 Å². The van der Waals surface area contributed by atoms with E-state index in [9.17, 15) is 24.5 Å². The van der Waals surface area contributed by atoms with Gasteiger partial charge in [-0.25, -0.2) is 0 Å². The van der Waals surface area contributed by atoms with Gasteiger partial charge in [-0.1, -0.05) is 37.6 Å². The highest BCUT2D eigenvalue weighted by molar-refractivity contribution is 5.87. The number of ether oxygens (including phenoxy) is 2. The van der Waals surface area contributed by atoms with Crippen LogP contribution in [0.2, 0.25) is 0 Å². The zero-order valence-electron chi connectivity index (χ0n) is 22.1. The maximum atomic E-state index is 12.9. The maximum Gasteiger partial charge on any atom is 0.306 e. The van der Waals surface area contributed by atoms with E-state index < -0.39 is 16.8 Å². The Balaban J connectivity index is 1.83. The Morgan fingerprint density at radius 3 is 2.45 bits per heavy atom. The van der Waals surface area contributed by atoms with Gasteiger partial charge in [0.2, 0.25) is 11.8 Å². The maximum absolute atomic E-state index is 12.9. The third kappa shape index (κ3) is 11.4. The van der Waals surface area contributed by atoms with E-state index in [-0.39, 0.29) is 37.0 Å². The summed E-state index contributed by atoms with van der Waals surface area (Å²) < 4.78 is 10.4. The van der Waals surface area contributed by atoms with Gasteiger partial charge in [0.1, 0.15) is 5.75 Å². The number of nitrogens with one attached hydrogen (secondary N) is 2. The minimum atomic E-state index is -0.611. The molecule has 0 unspecified atom stereocenters. The highest BCUT2D eigenvalue weighted by Gasteiger charge is 2.23. The summed E-state index contributed by atoms with van der Waals surface area (Å²) in [5, 5.41) is 16.2. The summed E-state index contributed by atoms with van der Waals surface area (Å²) in [6.07, 6.45) is 3.91. The second-order valence-corrected chi connectivity index (χ2v) is 8.96. The molecule has 2 N–H and O–H groups in total. The number of nitro benzene ring substituents is 1. The van der Waals surface area contributed by atoms with Gasteiger partial charge in [0.15, 0.2) is 0 Å². The van der Waals surface area contributed by atoms with E-state index in [0.29, 0.717) is 25.9 Å². The monoisotopic (exact) mass is 527 g/mol. The summed E-state index contributed by atoms with van der Waals surface area (Å²) >= 11 is 0. The van der Waals surface area contributed by atoms with Crippen LogP contribution in [0.25, 0.3) is 0 Å². The Kier molecular flexibility index (Phi) is 13.3. The first kappa shape index (κ1) is 30.3. The number of nitro groups is 1. The lowest BCUT2D eigenvalue weighted by Gasteiger charge is -2.16. The molecule has 2 rings (SSSR count). The largest absolute Gasteiger partial charge is 0.497 e. The van der Waals surface area contributed by atoms with Crippen molar-refractivity contribution in [2.45, 2.75) is 51.9 Å². The fourth-order valence-electron chi connectivity index (χ4n) is 3.81. The molecule has 0 aliphatic heterocycles. The summed E-state index contributed by atoms with van der Waals surface area (Å²) in [6, 6.07) is 13.9. The summed E-state index contributed by atoms with van der Waals surface area (Å²) in [4.78, 5) is 47.8. The number of nitrogens with zero attached hydrogens (tertiary/aromatic N) is 1. The number of amides is 2. The third-order valence-corrected chi connectivity index (χ3v) is 6.00. The van der Waals surface area contributed by atoms with Crippen LogP contribution >= 0.6 is 0 Å². The Morgan fingerprint density at radius 2 is 1.76 bits per heavy atom. The normalized spacial score (nSPS) is 11.3. The van der Waals surface area contributed by atoms with Crippen molar-refractivity contribution in [1.29, 1.82) is 0 Å². The Bertz CT molecular complexity index is 1060. The molecule has 0 radical (unpaired) electrons. The van der Waals surface area contributed by atoms with Crippen molar-refractivity contribution in [2.75, 3.05) is 26.8 Å². The van der Waals surface area contributed by atoms with Crippen LogP contribution in [0.4, 0.5) is 5.69 Å². The fraction of sp³-hybridized carbons (Fsp3) is 0.464. The van der Waals surface area contributed by atoms with Gasteiger partial charge in [-0.05, 0) is 55.4 Å². The van der Waals surface area contributed by atoms with Crippen molar-refractivity contribution in [3.05, 3.63) is 69.8 Å². The van der Waals surface area contributed by atoms with Crippen LogP contribution in [-0.4, -0.2) is 49.5 Å². The molecule has 10 nitrogen and oxygen atoms in total. The van der Waals surface area contributed by atoms with Gasteiger partial charge < -0.3 is 20.1 Å². The molecule has 0 aromatic heterocycles. The molecule has 2 amide bonds. The molecule has 1 atom stereocenters. The van der Waals surface area contributed by atoms with Crippen LogP contribution < -0.4 is 15.4 Å². The lowest BCUT2D eigenvalue weighted by molar-refractivity contribution is -0.384. The molecule has 0 bridgehead atoms. The minimum absolute atomic E-state index is 0.00709. The van der Waals surface area contributed by atoms with Gasteiger partial charge in [0.05, 0.1) is 31.6 Å². The molecule has 0 spiro atoms. The second-order valence-electron chi connectivity index (χ2n) is 8.96. The highest BCUT2D eigenvalue weighted by Crippen LogP contribution is 2.18. The topological polar surface area (TPSA) is 137 Å². The van der Waals surface area contributed by atoms with E-state index >= 15 is 0 Å². The number of methoxy groups -OCH3 is 1. The molecule has 206 valence electrons. The standard InChI is InChI=1S/C28H37N3O7/c1-3-4-17-38-27(33)19-23(9-5-7-21-11-13-25(37-2)14-12-21)28(34)30-20-26(32)29-16-15-22-8-6-10-24(18-22)31(35)36/h6,8,10-14,18,23H,3-5,7,9,15-17,19-20H2,1-2H3,(H,29,32)(H,30,34)/t23-/m1/s1. The lowest BCUT2D eigenvalue weighted by Crippen LogP contribution is -2.40. The SMILES string of the molecule is CCCCOC(=O)C[C@@H](CCCc1ccc(OC)cc1)C(=O)NCC(=O)NCCc1cccc([N+](=O)[O-])c1. The van der Waals surface area contributed by atoms with E-state index in [2.05, 4.69) is 10.6 Å². The second kappa shape index (κ2) is 16.7. The van der Waals surface area contributed by atoms with Crippen molar-refractivity contribution in [3.63, 3.8) is 0 Å². The molecule has 0 saturated carbocycles. The molecule has 0 aliphatic rings. The first-order chi connectivity index (χ1) is 18.3. The summed E-state index contributed by atoms with van der Waals surface area (Å²) in [6.45, 7) is 2.36. The van der Waals surface area contributed by atoms with Crippen LogP contribution in [0.5, 0.6) is 5.75 Å².